The molecule has 0 bridgehead atoms. The van der Waals surface area contributed by atoms with Crippen LogP contribution in [0.2, 0.25) is 0 Å². The number of phenolic OH excluding ortho intramolecular Hbond substituents is 1. The molecule has 0 aliphatic carbocycles. The van der Waals surface area contributed by atoms with Crippen molar-refractivity contribution < 1.29 is 19.8 Å². The zero-order valence-corrected chi connectivity index (χ0v) is 8.96. The van der Waals surface area contributed by atoms with Crippen molar-refractivity contribution >= 4 is 17.6 Å². The third-order valence-electron chi connectivity index (χ3n) is 2.01. The fourth-order valence-corrected chi connectivity index (χ4v) is 1.27. The molecular formula is C12H11NO4. The van der Waals surface area contributed by atoms with E-state index in [0.29, 0.717) is 5.69 Å². The van der Waals surface area contributed by atoms with Gasteiger partial charge in [0.05, 0.1) is 6.42 Å². The molecule has 0 atom stereocenters. The van der Waals surface area contributed by atoms with Crippen LogP contribution in [0.15, 0.2) is 24.3 Å². The van der Waals surface area contributed by atoms with Crippen LogP contribution in [0.1, 0.15) is 6.42 Å². The summed E-state index contributed by atoms with van der Waals surface area (Å²) in [6.45, 7) is -0.467. The predicted octanol–water partition coefficient (Wildman–Crippen LogP) is 0.833. The number of terminal acetylenes is 1. The molecule has 1 aromatic rings. The molecule has 0 spiro atoms. The highest BCUT2D eigenvalue weighted by Crippen LogP contribution is 2.18. The Bertz CT molecular complexity index is 458. The summed E-state index contributed by atoms with van der Waals surface area (Å²) in [5.41, 5.74) is 0.380. The zero-order valence-electron chi connectivity index (χ0n) is 8.96. The largest absolute Gasteiger partial charge is 0.508 e. The monoisotopic (exact) mass is 233 g/mol. The normalized spacial score (nSPS) is 9.35. The van der Waals surface area contributed by atoms with Crippen molar-refractivity contribution in [2.45, 2.75) is 6.42 Å². The van der Waals surface area contributed by atoms with Gasteiger partial charge in [-0.3, -0.25) is 9.59 Å². The second kappa shape index (κ2) is 5.56. The van der Waals surface area contributed by atoms with E-state index >= 15 is 0 Å². The molecule has 0 aliphatic heterocycles. The van der Waals surface area contributed by atoms with Gasteiger partial charge >= 0.3 is 5.97 Å². The first-order valence-electron chi connectivity index (χ1n) is 4.79. The molecule has 1 rings (SSSR count). The van der Waals surface area contributed by atoms with Crippen molar-refractivity contribution in [3.63, 3.8) is 0 Å². The smallest absolute Gasteiger partial charge is 0.323 e. The second-order valence-electron chi connectivity index (χ2n) is 3.27. The summed E-state index contributed by atoms with van der Waals surface area (Å²) < 4.78 is 0. The van der Waals surface area contributed by atoms with Gasteiger partial charge in [-0.05, 0) is 24.3 Å². The summed E-state index contributed by atoms with van der Waals surface area (Å²) in [5.74, 6) is 0.597. The van der Waals surface area contributed by atoms with E-state index in [1.165, 1.54) is 24.3 Å². The number of anilines is 1. The molecule has 17 heavy (non-hydrogen) atoms. The van der Waals surface area contributed by atoms with Crippen LogP contribution in [-0.2, 0) is 9.59 Å². The molecule has 0 saturated carbocycles. The van der Waals surface area contributed by atoms with Crippen LogP contribution < -0.4 is 4.90 Å². The fourth-order valence-electron chi connectivity index (χ4n) is 1.27. The molecule has 0 radical (unpaired) electrons. The first-order chi connectivity index (χ1) is 8.04. The lowest BCUT2D eigenvalue weighted by molar-refractivity contribution is -0.136. The van der Waals surface area contributed by atoms with E-state index < -0.39 is 18.4 Å². The Morgan fingerprint density at radius 1 is 1.29 bits per heavy atom. The van der Waals surface area contributed by atoms with Gasteiger partial charge in [-0.15, -0.1) is 6.42 Å². The van der Waals surface area contributed by atoms with Crippen molar-refractivity contribution in [2.24, 2.45) is 0 Å². The van der Waals surface area contributed by atoms with Crippen LogP contribution in [0, 0.1) is 12.3 Å². The van der Waals surface area contributed by atoms with Gasteiger partial charge in [0.2, 0.25) is 5.91 Å². The average molecular weight is 233 g/mol. The molecule has 2 N–H and O–H groups in total. The number of aromatic hydroxyl groups is 1. The third kappa shape index (κ3) is 3.54. The van der Waals surface area contributed by atoms with Crippen LogP contribution in [0.4, 0.5) is 5.69 Å². The first kappa shape index (κ1) is 12.6. The topological polar surface area (TPSA) is 77.8 Å². The highest BCUT2D eigenvalue weighted by molar-refractivity contribution is 5.98. The summed E-state index contributed by atoms with van der Waals surface area (Å²) in [6, 6.07) is 5.64. The van der Waals surface area contributed by atoms with E-state index in [0.717, 1.165) is 4.90 Å². The Kier molecular flexibility index (Phi) is 4.12. The number of amides is 1. The minimum Gasteiger partial charge on any atom is -0.508 e. The van der Waals surface area contributed by atoms with Gasteiger partial charge in [-0.2, -0.15) is 0 Å². The lowest BCUT2D eigenvalue weighted by Crippen LogP contribution is -2.35. The maximum absolute atomic E-state index is 11.6. The summed E-state index contributed by atoms with van der Waals surface area (Å²) in [6.07, 6.45) is 4.84. The van der Waals surface area contributed by atoms with Crippen LogP contribution in [0.25, 0.3) is 0 Å². The van der Waals surface area contributed by atoms with Gasteiger partial charge in [0, 0.05) is 5.69 Å². The zero-order chi connectivity index (χ0) is 12.8. The van der Waals surface area contributed by atoms with Crippen LogP contribution in [-0.4, -0.2) is 28.6 Å². The molecule has 5 heteroatoms. The number of hydrogen-bond donors (Lipinski definition) is 2. The number of rotatable bonds is 4. The molecule has 88 valence electrons. The molecule has 0 aliphatic rings. The van der Waals surface area contributed by atoms with Crippen molar-refractivity contribution in [3.8, 4) is 18.1 Å². The number of hydrogen-bond acceptors (Lipinski definition) is 3. The van der Waals surface area contributed by atoms with Crippen LogP contribution >= 0.6 is 0 Å². The lowest BCUT2D eigenvalue weighted by Gasteiger charge is -2.19. The van der Waals surface area contributed by atoms with E-state index in [-0.39, 0.29) is 12.2 Å². The molecule has 0 heterocycles. The summed E-state index contributed by atoms with van der Waals surface area (Å²) in [4.78, 5) is 23.3. The van der Waals surface area contributed by atoms with Gasteiger partial charge in [0.1, 0.15) is 12.3 Å². The second-order valence-corrected chi connectivity index (χ2v) is 3.27. The number of carboxylic acid groups (broad SMARTS) is 1. The van der Waals surface area contributed by atoms with E-state index in [1.807, 2.05) is 0 Å². The highest BCUT2D eigenvalue weighted by atomic mass is 16.4. The van der Waals surface area contributed by atoms with Crippen molar-refractivity contribution in [1.82, 2.24) is 0 Å². The van der Waals surface area contributed by atoms with E-state index in [9.17, 15) is 9.59 Å². The van der Waals surface area contributed by atoms with Crippen molar-refractivity contribution in [3.05, 3.63) is 24.3 Å². The van der Waals surface area contributed by atoms with E-state index in [4.69, 9.17) is 16.6 Å². The summed E-state index contributed by atoms with van der Waals surface area (Å²) in [5, 5.41) is 17.8. The minimum absolute atomic E-state index is 0.0356. The fraction of sp³-hybridized carbons (Fsp3) is 0.167. The third-order valence-corrected chi connectivity index (χ3v) is 2.01. The number of benzene rings is 1. The van der Waals surface area contributed by atoms with Gasteiger partial charge in [0.15, 0.2) is 0 Å². The number of aliphatic carboxylic acids is 1. The van der Waals surface area contributed by atoms with Crippen LogP contribution in [0.3, 0.4) is 0 Å². The molecule has 0 fully saturated rings. The standard InChI is InChI=1S/C12H11NO4/c1-2-3-11(15)13(8-12(16)17)9-4-6-10(14)7-5-9/h1,4-7,14H,3,8H2,(H,16,17). The lowest BCUT2D eigenvalue weighted by atomic mass is 10.2. The highest BCUT2D eigenvalue weighted by Gasteiger charge is 2.17. The Balaban J connectivity index is 2.97. The molecule has 0 aromatic heterocycles. The van der Waals surface area contributed by atoms with Crippen LogP contribution in [0.5, 0.6) is 5.75 Å². The number of phenols is 1. The molecule has 0 unspecified atom stereocenters. The quantitative estimate of drug-likeness (QED) is 0.755. The molecule has 0 saturated heterocycles. The van der Waals surface area contributed by atoms with Gasteiger partial charge in [0.25, 0.3) is 0 Å². The van der Waals surface area contributed by atoms with Gasteiger partial charge < -0.3 is 15.1 Å². The Labute approximate surface area is 98.3 Å². The number of carbonyl (C=O) groups excluding carboxylic acids is 1. The molecule has 1 aromatic carbocycles. The molecular weight excluding hydrogens is 222 g/mol. The summed E-state index contributed by atoms with van der Waals surface area (Å²) >= 11 is 0. The summed E-state index contributed by atoms with van der Waals surface area (Å²) in [7, 11) is 0. The maximum Gasteiger partial charge on any atom is 0.323 e. The van der Waals surface area contributed by atoms with Crippen molar-refractivity contribution in [2.75, 3.05) is 11.4 Å². The Hall–Kier alpha value is -2.48. The van der Waals surface area contributed by atoms with Gasteiger partial charge in [-0.25, -0.2) is 0 Å². The first-order valence-corrected chi connectivity index (χ1v) is 4.79. The number of carbonyl (C=O) groups is 2. The predicted molar refractivity (Wildman–Crippen MR) is 61.5 cm³/mol. The molecule has 1 amide bonds. The Morgan fingerprint density at radius 3 is 2.35 bits per heavy atom. The van der Waals surface area contributed by atoms with Crippen molar-refractivity contribution in [1.29, 1.82) is 0 Å². The van der Waals surface area contributed by atoms with E-state index in [1.54, 1.807) is 0 Å². The number of carboxylic acids is 1. The average Bonchev–Trinajstić information content (AvgIpc) is 2.27. The minimum atomic E-state index is -1.14. The Morgan fingerprint density at radius 2 is 1.88 bits per heavy atom. The number of nitrogens with zero attached hydrogens (tertiary/aromatic N) is 1. The SMILES string of the molecule is C#CCC(=O)N(CC(=O)O)c1ccc(O)cc1. The van der Waals surface area contributed by atoms with E-state index in [2.05, 4.69) is 5.92 Å². The van der Waals surface area contributed by atoms with Gasteiger partial charge in [-0.1, -0.05) is 5.92 Å². The maximum atomic E-state index is 11.6. The molecule has 5 nitrogen and oxygen atoms in total.